The normalized spacial score (nSPS) is 12.1. The van der Waals surface area contributed by atoms with Gasteiger partial charge in [-0.1, -0.05) is 6.92 Å². The number of carbonyl (C=O) groups is 2. The molecule has 0 radical (unpaired) electrons. The summed E-state index contributed by atoms with van der Waals surface area (Å²) in [5, 5.41) is 11.3. The van der Waals surface area contributed by atoms with Crippen LogP contribution in [0.2, 0.25) is 0 Å². The Kier molecular flexibility index (Phi) is 5.19. The van der Waals surface area contributed by atoms with E-state index in [2.05, 4.69) is 15.3 Å². The summed E-state index contributed by atoms with van der Waals surface area (Å²) in [7, 11) is 0. The van der Waals surface area contributed by atoms with E-state index in [1.54, 1.807) is 19.4 Å². The third-order valence-corrected chi connectivity index (χ3v) is 2.32. The van der Waals surface area contributed by atoms with Crippen LogP contribution in [0.25, 0.3) is 0 Å². The van der Waals surface area contributed by atoms with Crippen molar-refractivity contribution >= 4 is 11.9 Å². The van der Waals surface area contributed by atoms with Gasteiger partial charge in [0.05, 0.1) is 12.0 Å². The van der Waals surface area contributed by atoms with Crippen LogP contribution in [0.1, 0.15) is 25.5 Å². The molecule has 0 saturated carbocycles. The van der Waals surface area contributed by atoms with Crippen molar-refractivity contribution in [2.45, 2.75) is 26.2 Å². The van der Waals surface area contributed by atoms with Crippen molar-refractivity contribution in [2.24, 2.45) is 5.92 Å². The van der Waals surface area contributed by atoms with E-state index in [1.807, 2.05) is 0 Å². The Balaban J connectivity index is 2.14. The highest BCUT2D eigenvalue weighted by Crippen LogP contribution is 2.06. The molecule has 0 aliphatic heterocycles. The van der Waals surface area contributed by atoms with Crippen molar-refractivity contribution in [1.29, 1.82) is 0 Å². The fourth-order valence-electron chi connectivity index (χ4n) is 1.52. The predicted octanol–water partition coefficient (Wildman–Crippen LogP) is 0.569. The van der Waals surface area contributed by atoms with Gasteiger partial charge in [-0.05, 0) is 5.92 Å². The lowest BCUT2D eigenvalue weighted by atomic mass is 10.0. The lowest BCUT2D eigenvalue weighted by molar-refractivity contribution is -0.138. The van der Waals surface area contributed by atoms with E-state index in [0.717, 1.165) is 5.69 Å². The number of carboxylic acids is 1. The SMILES string of the molecule is CC(CC(=O)O)CC(=O)NCCc1c[nH]cn1. The van der Waals surface area contributed by atoms with Gasteiger partial charge >= 0.3 is 5.97 Å². The van der Waals surface area contributed by atoms with Crippen LogP contribution in [0.5, 0.6) is 0 Å². The Morgan fingerprint density at radius 3 is 2.88 bits per heavy atom. The molecule has 1 aromatic rings. The van der Waals surface area contributed by atoms with Crippen LogP contribution in [0.15, 0.2) is 12.5 Å². The Morgan fingerprint density at radius 1 is 1.53 bits per heavy atom. The quantitative estimate of drug-likeness (QED) is 0.648. The molecule has 1 heterocycles. The van der Waals surface area contributed by atoms with Crippen LogP contribution >= 0.6 is 0 Å². The van der Waals surface area contributed by atoms with Gasteiger partial charge in [0, 0.05) is 32.0 Å². The molecule has 0 fully saturated rings. The molecule has 1 amide bonds. The number of rotatable bonds is 7. The van der Waals surface area contributed by atoms with E-state index >= 15 is 0 Å². The molecule has 94 valence electrons. The second-order valence-corrected chi connectivity index (χ2v) is 4.07. The molecule has 17 heavy (non-hydrogen) atoms. The molecule has 6 heteroatoms. The van der Waals surface area contributed by atoms with Crippen molar-refractivity contribution in [2.75, 3.05) is 6.54 Å². The third-order valence-electron chi connectivity index (χ3n) is 2.32. The summed E-state index contributed by atoms with van der Waals surface area (Å²) in [6, 6.07) is 0. The highest BCUT2D eigenvalue weighted by molar-refractivity contribution is 5.77. The van der Waals surface area contributed by atoms with Crippen molar-refractivity contribution in [1.82, 2.24) is 15.3 Å². The minimum absolute atomic E-state index is 0.0206. The second kappa shape index (κ2) is 6.67. The van der Waals surface area contributed by atoms with E-state index in [-0.39, 0.29) is 24.7 Å². The topological polar surface area (TPSA) is 95.1 Å². The van der Waals surface area contributed by atoms with Gasteiger partial charge in [0.15, 0.2) is 0 Å². The van der Waals surface area contributed by atoms with E-state index < -0.39 is 5.97 Å². The zero-order chi connectivity index (χ0) is 12.7. The summed E-state index contributed by atoms with van der Waals surface area (Å²) in [5.41, 5.74) is 0.892. The first kappa shape index (κ1) is 13.2. The zero-order valence-electron chi connectivity index (χ0n) is 9.77. The van der Waals surface area contributed by atoms with Crippen LogP contribution in [-0.2, 0) is 16.0 Å². The molecular weight excluding hydrogens is 222 g/mol. The molecule has 0 aliphatic carbocycles. The van der Waals surface area contributed by atoms with E-state index in [9.17, 15) is 9.59 Å². The van der Waals surface area contributed by atoms with Crippen molar-refractivity contribution in [3.63, 3.8) is 0 Å². The van der Waals surface area contributed by atoms with Crippen LogP contribution in [0, 0.1) is 5.92 Å². The standard InChI is InChI=1S/C11H17N3O3/c1-8(5-11(16)17)4-10(15)13-3-2-9-6-12-7-14-9/h6-8H,2-5H2,1H3,(H,12,14)(H,13,15)(H,16,17). The smallest absolute Gasteiger partial charge is 0.303 e. The molecule has 0 saturated heterocycles. The average Bonchev–Trinajstić information content (AvgIpc) is 2.68. The van der Waals surface area contributed by atoms with Crippen LogP contribution in [0.3, 0.4) is 0 Å². The highest BCUT2D eigenvalue weighted by atomic mass is 16.4. The van der Waals surface area contributed by atoms with Crippen molar-refractivity contribution in [3.8, 4) is 0 Å². The monoisotopic (exact) mass is 239 g/mol. The van der Waals surface area contributed by atoms with Gasteiger partial charge in [0.1, 0.15) is 0 Å². The second-order valence-electron chi connectivity index (χ2n) is 4.07. The van der Waals surface area contributed by atoms with Gasteiger partial charge in [-0.3, -0.25) is 9.59 Å². The Morgan fingerprint density at radius 2 is 2.29 bits per heavy atom. The number of aliphatic carboxylic acids is 1. The minimum atomic E-state index is -0.873. The van der Waals surface area contributed by atoms with Gasteiger partial charge in [0.2, 0.25) is 5.91 Å². The number of carbonyl (C=O) groups excluding carboxylic acids is 1. The van der Waals surface area contributed by atoms with Crippen LogP contribution in [0.4, 0.5) is 0 Å². The maximum atomic E-state index is 11.4. The summed E-state index contributed by atoms with van der Waals surface area (Å²) in [5.74, 6) is -1.13. The lowest BCUT2D eigenvalue weighted by Gasteiger charge is -2.08. The Bertz CT molecular complexity index is 362. The molecule has 0 aromatic carbocycles. The van der Waals surface area contributed by atoms with Gasteiger partial charge in [-0.25, -0.2) is 4.98 Å². The van der Waals surface area contributed by atoms with Crippen LogP contribution in [-0.4, -0.2) is 33.5 Å². The molecule has 3 N–H and O–H groups in total. The molecule has 0 bridgehead atoms. The Hall–Kier alpha value is -1.85. The zero-order valence-corrected chi connectivity index (χ0v) is 9.77. The molecule has 0 aliphatic rings. The van der Waals surface area contributed by atoms with E-state index in [4.69, 9.17) is 5.11 Å². The summed E-state index contributed by atoms with van der Waals surface area (Å²) < 4.78 is 0. The van der Waals surface area contributed by atoms with Crippen LogP contribution < -0.4 is 5.32 Å². The summed E-state index contributed by atoms with van der Waals surface area (Å²) >= 11 is 0. The van der Waals surface area contributed by atoms with Gasteiger partial charge < -0.3 is 15.4 Å². The molecule has 1 unspecified atom stereocenters. The third kappa shape index (κ3) is 5.70. The van der Waals surface area contributed by atoms with Crippen molar-refractivity contribution in [3.05, 3.63) is 18.2 Å². The minimum Gasteiger partial charge on any atom is -0.481 e. The molecular formula is C11H17N3O3. The van der Waals surface area contributed by atoms with Gasteiger partial charge in [-0.2, -0.15) is 0 Å². The largest absolute Gasteiger partial charge is 0.481 e. The number of hydrogen-bond donors (Lipinski definition) is 3. The average molecular weight is 239 g/mol. The summed E-state index contributed by atoms with van der Waals surface area (Å²) in [6.07, 6.45) is 4.30. The molecule has 0 spiro atoms. The molecule has 1 atom stereocenters. The number of amides is 1. The number of nitrogens with one attached hydrogen (secondary N) is 2. The Labute approximate surface area is 99.4 Å². The van der Waals surface area contributed by atoms with Crippen molar-refractivity contribution < 1.29 is 14.7 Å². The van der Waals surface area contributed by atoms with Gasteiger partial charge in [-0.15, -0.1) is 0 Å². The fourth-order valence-corrected chi connectivity index (χ4v) is 1.52. The maximum Gasteiger partial charge on any atom is 0.303 e. The number of nitrogens with zero attached hydrogens (tertiary/aromatic N) is 1. The fraction of sp³-hybridized carbons (Fsp3) is 0.545. The number of hydrogen-bond acceptors (Lipinski definition) is 3. The number of H-pyrrole nitrogens is 1. The van der Waals surface area contributed by atoms with Gasteiger partial charge in [0.25, 0.3) is 0 Å². The lowest BCUT2D eigenvalue weighted by Crippen LogP contribution is -2.27. The summed E-state index contributed by atoms with van der Waals surface area (Å²) in [6.45, 7) is 2.27. The molecule has 1 aromatic heterocycles. The number of aromatic amines is 1. The number of carboxylic acid groups (broad SMARTS) is 1. The predicted molar refractivity (Wildman–Crippen MR) is 61.3 cm³/mol. The molecule has 6 nitrogen and oxygen atoms in total. The number of imidazole rings is 1. The first-order valence-electron chi connectivity index (χ1n) is 5.54. The highest BCUT2D eigenvalue weighted by Gasteiger charge is 2.12. The summed E-state index contributed by atoms with van der Waals surface area (Å²) in [4.78, 5) is 28.7. The van der Waals surface area contributed by atoms with E-state index in [0.29, 0.717) is 13.0 Å². The first-order valence-corrected chi connectivity index (χ1v) is 5.54. The first-order chi connectivity index (χ1) is 8.08. The molecule has 1 rings (SSSR count). The number of aromatic nitrogens is 2. The van der Waals surface area contributed by atoms with E-state index in [1.165, 1.54) is 0 Å². The maximum absolute atomic E-state index is 11.4.